The van der Waals surface area contributed by atoms with Gasteiger partial charge in [-0.1, -0.05) is 6.08 Å². The van der Waals surface area contributed by atoms with Crippen molar-refractivity contribution in [1.82, 2.24) is 15.1 Å². The number of aromatic amines is 1. The Morgan fingerprint density at radius 3 is 2.87 bits per heavy atom. The molecule has 15 heavy (non-hydrogen) atoms. The Kier molecular flexibility index (Phi) is 3.61. The van der Waals surface area contributed by atoms with Gasteiger partial charge >= 0.3 is 5.97 Å². The summed E-state index contributed by atoms with van der Waals surface area (Å²) >= 11 is 0. The topological polar surface area (TPSA) is 86.3 Å². The standard InChI is InChI=1S/C9H11N3O3/c1-2-5-12(6-8(13)14)9(15)7-3-4-10-11-7/h2-4H,1,5-6H2,(H,10,11)(H,13,14). The van der Waals surface area contributed by atoms with Crippen LogP contribution in [0.5, 0.6) is 0 Å². The van der Waals surface area contributed by atoms with Gasteiger partial charge in [0.1, 0.15) is 12.2 Å². The second-order valence-electron chi connectivity index (χ2n) is 2.84. The number of nitrogens with one attached hydrogen (secondary N) is 1. The summed E-state index contributed by atoms with van der Waals surface area (Å²) in [6.07, 6.45) is 2.90. The third-order valence-corrected chi connectivity index (χ3v) is 1.69. The number of carbonyl (C=O) groups is 2. The highest BCUT2D eigenvalue weighted by atomic mass is 16.4. The van der Waals surface area contributed by atoms with Crippen molar-refractivity contribution in [3.05, 3.63) is 30.6 Å². The Morgan fingerprint density at radius 1 is 1.67 bits per heavy atom. The fourth-order valence-electron chi connectivity index (χ4n) is 1.08. The van der Waals surface area contributed by atoms with E-state index in [1.165, 1.54) is 18.3 Å². The van der Waals surface area contributed by atoms with Crippen molar-refractivity contribution in [2.24, 2.45) is 0 Å². The lowest BCUT2D eigenvalue weighted by Gasteiger charge is -2.17. The average Bonchev–Trinajstić information content (AvgIpc) is 2.68. The smallest absolute Gasteiger partial charge is 0.323 e. The van der Waals surface area contributed by atoms with Crippen molar-refractivity contribution >= 4 is 11.9 Å². The van der Waals surface area contributed by atoms with Crippen molar-refractivity contribution in [3.8, 4) is 0 Å². The monoisotopic (exact) mass is 209 g/mol. The molecule has 80 valence electrons. The maximum absolute atomic E-state index is 11.7. The molecule has 0 bridgehead atoms. The van der Waals surface area contributed by atoms with E-state index < -0.39 is 11.9 Å². The summed E-state index contributed by atoms with van der Waals surface area (Å²) in [5.74, 6) is -1.47. The molecule has 0 spiro atoms. The van der Waals surface area contributed by atoms with Gasteiger partial charge in [-0.3, -0.25) is 14.7 Å². The lowest BCUT2D eigenvalue weighted by atomic mass is 10.3. The minimum Gasteiger partial charge on any atom is -0.480 e. The number of rotatable bonds is 5. The zero-order valence-corrected chi connectivity index (χ0v) is 8.01. The van der Waals surface area contributed by atoms with E-state index in [4.69, 9.17) is 5.11 Å². The van der Waals surface area contributed by atoms with Crippen molar-refractivity contribution in [3.63, 3.8) is 0 Å². The van der Waals surface area contributed by atoms with Crippen LogP contribution in [0, 0.1) is 0 Å². The molecule has 1 amide bonds. The summed E-state index contributed by atoms with van der Waals surface area (Å²) in [4.78, 5) is 23.3. The molecule has 0 atom stereocenters. The lowest BCUT2D eigenvalue weighted by molar-refractivity contribution is -0.137. The van der Waals surface area contributed by atoms with E-state index in [1.807, 2.05) is 0 Å². The maximum atomic E-state index is 11.7. The van der Waals surface area contributed by atoms with Crippen LogP contribution in [0.3, 0.4) is 0 Å². The molecule has 1 aromatic heterocycles. The molecular formula is C9H11N3O3. The highest BCUT2D eigenvalue weighted by molar-refractivity contribution is 5.94. The van der Waals surface area contributed by atoms with Gasteiger partial charge in [-0.25, -0.2) is 0 Å². The Hall–Kier alpha value is -2.11. The Labute approximate surface area is 86.2 Å². The van der Waals surface area contributed by atoms with Gasteiger partial charge in [-0.05, 0) is 6.07 Å². The van der Waals surface area contributed by atoms with Crippen LogP contribution < -0.4 is 0 Å². The number of carboxylic acid groups (broad SMARTS) is 1. The van der Waals surface area contributed by atoms with Crippen molar-refractivity contribution in [1.29, 1.82) is 0 Å². The first-order chi connectivity index (χ1) is 7.15. The molecule has 0 radical (unpaired) electrons. The Balaban J connectivity index is 2.75. The summed E-state index contributed by atoms with van der Waals surface area (Å²) in [6, 6.07) is 1.49. The number of amides is 1. The fourth-order valence-corrected chi connectivity index (χ4v) is 1.08. The Morgan fingerprint density at radius 2 is 2.40 bits per heavy atom. The van der Waals surface area contributed by atoms with Crippen LogP contribution in [0.25, 0.3) is 0 Å². The molecule has 1 rings (SSSR count). The summed E-state index contributed by atoms with van der Waals surface area (Å²) < 4.78 is 0. The number of carbonyl (C=O) groups excluding carboxylic acids is 1. The third-order valence-electron chi connectivity index (χ3n) is 1.69. The summed E-state index contributed by atoms with van der Waals surface area (Å²) in [6.45, 7) is 3.29. The van der Waals surface area contributed by atoms with Crippen LogP contribution in [0.15, 0.2) is 24.9 Å². The Bertz CT molecular complexity index is 359. The van der Waals surface area contributed by atoms with Gasteiger partial charge < -0.3 is 10.0 Å². The number of hydrogen-bond acceptors (Lipinski definition) is 3. The van der Waals surface area contributed by atoms with E-state index >= 15 is 0 Å². The zero-order valence-electron chi connectivity index (χ0n) is 8.01. The number of nitrogens with zero attached hydrogens (tertiary/aromatic N) is 2. The van der Waals surface area contributed by atoms with E-state index in [-0.39, 0.29) is 18.8 Å². The molecule has 0 saturated carbocycles. The number of H-pyrrole nitrogens is 1. The molecule has 0 aromatic carbocycles. The van der Waals surface area contributed by atoms with Gasteiger partial charge in [0.2, 0.25) is 0 Å². The third kappa shape index (κ3) is 2.94. The lowest BCUT2D eigenvalue weighted by Crippen LogP contribution is -2.35. The molecule has 0 fully saturated rings. The van der Waals surface area contributed by atoms with Gasteiger partial charge in [-0.2, -0.15) is 5.10 Å². The van der Waals surface area contributed by atoms with Crippen LogP contribution in [0.4, 0.5) is 0 Å². The van der Waals surface area contributed by atoms with Crippen LogP contribution in [-0.2, 0) is 4.79 Å². The van der Waals surface area contributed by atoms with E-state index in [0.29, 0.717) is 0 Å². The minimum atomic E-state index is -1.07. The largest absolute Gasteiger partial charge is 0.480 e. The van der Waals surface area contributed by atoms with Crippen LogP contribution in [-0.4, -0.2) is 45.2 Å². The van der Waals surface area contributed by atoms with Gasteiger partial charge in [0.15, 0.2) is 0 Å². The minimum absolute atomic E-state index is 0.185. The number of hydrogen-bond donors (Lipinski definition) is 2. The predicted molar refractivity (Wildman–Crippen MR) is 52.3 cm³/mol. The maximum Gasteiger partial charge on any atom is 0.323 e. The second kappa shape index (κ2) is 4.94. The quantitative estimate of drug-likeness (QED) is 0.674. The van der Waals surface area contributed by atoms with Gasteiger partial charge in [0.25, 0.3) is 5.91 Å². The summed E-state index contributed by atoms with van der Waals surface area (Å²) in [5, 5.41) is 14.7. The van der Waals surface area contributed by atoms with Gasteiger partial charge in [0, 0.05) is 12.7 Å². The molecule has 6 heteroatoms. The van der Waals surface area contributed by atoms with Crippen molar-refractivity contribution in [2.75, 3.05) is 13.1 Å². The zero-order chi connectivity index (χ0) is 11.3. The van der Waals surface area contributed by atoms with E-state index in [2.05, 4.69) is 16.8 Å². The van der Waals surface area contributed by atoms with Crippen LogP contribution >= 0.6 is 0 Å². The average molecular weight is 209 g/mol. The fraction of sp³-hybridized carbons (Fsp3) is 0.222. The highest BCUT2D eigenvalue weighted by Gasteiger charge is 2.17. The predicted octanol–water partition coefficient (Wildman–Crippen LogP) is 0.123. The number of aliphatic carboxylic acids is 1. The molecule has 1 heterocycles. The molecule has 0 unspecified atom stereocenters. The number of carboxylic acids is 1. The first-order valence-electron chi connectivity index (χ1n) is 4.26. The van der Waals surface area contributed by atoms with E-state index in [0.717, 1.165) is 4.90 Å². The summed E-state index contributed by atoms with van der Waals surface area (Å²) in [5.41, 5.74) is 0.262. The SMILES string of the molecule is C=CCN(CC(=O)O)C(=O)c1ccn[nH]1. The molecule has 2 N–H and O–H groups in total. The second-order valence-corrected chi connectivity index (χ2v) is 2.84. The summed E-state index contributed by atoms with van der Waals surface area (Å²) in [7, 11) is 0. The molecule has 0 saturated heterocycles. The first-order valence-corrected chi connectivity index (χ1v) is 4.26. The first kappa shape index (κ1) is 11.0. The van der Waals surface area contributed by atoms with E-state index in [9.17, 15) is 9.59 Å². The van der Waals surface area contributed by atoms with E-state index in [1.54, 1.807) is 0 Å². The van der Waals surface area contributed by atoms with Gasteiger partial charge in [0.05, 0.1) is 0 Å². The van der Waals surface area contributed by atoms with Gasteiger partial charge in [-0.15, -0.1) is 6.58 Å². The highest BCUT2D eigenvalue weighted by Crippen LogP contribution is 2.00. The van der Waals surface area contributed by atoms with Crippen LogP contribution in [0.2, 0.25) is 0 Å². The molecule has 1 aromatic rings. The van der Waals surface area contributed by atoms with Crippen LogP contribution in [0.1, 0.15) is 10.5 Å². The van der Waals surface area contributed by atoms with Crippen molar-refractivity contribution in [2.45, 2.75) is 0 Å². The number of aromatic nitrogens is 2. The van der Waals surface area contributed by atoms with Crippen molar-refractivity contribution < 1.29 is 14.7 Å². The molecule has 0 aliphatic heterocycles. The molecular weight excluding hydrogens is 198 g/mol. The molecule has 0 aliphatic carbocycles. The normalized spacial score (nSPS) is 9.60. The molecule has 0 aliphatic rings. The molecule has 6 nitrogen and oxygen atoms in total.